The summed E-state index contributed by atoms with van der Waals surface area (Å²) in [6.45, 7) is 1.87. The van der Waals surface area contributed by atoms with E-state index in [1.807, 2.05) is 14.0 Å². The van der Waals surface area contributed by atoms with Crippen molar-refractivity contribution in [1.82, 2.24) is 14.8 Å². The SMILES string of the molecule is C[C@H](Oc1ccc(Cl)cc1Cl)c1n[nH]c(=S)n1C. The third-order valence-corrected chi connectivity index (χ3v) is 3.37. The highest BCUT2D eigenvalue weighted by Crippen LogP contribution is 2.30. The Labute approximate surface area is 119 Å². The molecule has 0 amide bonds. The predicted molar refractivity (Wildman–Crippen MR) is 73.9 cm³/mol. The average molecular weight is 304 g/mol. The molecule has 0 radical (unpaired) electrons. The Hall–Kier alpha value is -1.04. The third kappa shape index (κ3) is 2.68. The molecule has 0 unspecified atom stereocenters. The first-order valence-electron chi connectivity index (χ1n) is 5.22. The number of nitrogens with zero attached hydrogens (tertiary/aromatic N) is 2. The molecule has 0 saturated carbocycles. The summed E-state index contributed by atoms with van der Waals surface area (Å²) in [5.74, 6) is 1.26. The van der Waals surface area contributed by atoms with Gasteiger partial charge in [-0.25, -0.2) is 0 Å². The normalized spacial score (nSPS) is 12.4. The molecule has 0 saturated heterocycles. The van der Waals surface area contributed by atoms with Crippen molar-refractivity contribution in [2.45, 2.75) is 13.0 Å². The number of halogens is 2. The van der Waals surface area contributed by atoms with Gasteiger partial charge in [-0.05, 0) is 37.3 Å². The molecule has 4 nitrogen and oxygen atoms in total. The van der Waals surface area contributed by atoms with E-state index in [1.54, 1.807) is 22.8 Å². The van der Waals surface area contributed by atoms with Crippen LogP contribution in [0.1, 0.15) is 18.9 Å². The minimum absolute atomic E-state index is 0.276. The van der Waals surface area contributed by atoms with E-state index in [4.69, 9.17) is 40.2 Å². The maximum Gasteiger partial charge on any atom is 0.195 e. The molecule has 7 heteroatoms. The molecule has 0 aliphatic carbocycles. The largest absolute Gasteiger partial charge is 0.481 e. The fourth-order valence-electron chi connectivity index (χ4n) is 1.54. The van der Waals surface area contributed by atoms with E-state index in [9.17, 15) is 0 Å². The van der Waals surface area contributed by atoms with E-state index >= 15 is 0 Å². The van der Waals surface area contributed by atoms with Crippen molar-refractivity contribution in [1.29, 1.82) is 0 Å². The van der Waals surface area contributed by atoms with Crippen molar-refractivity contribution in [3.63, 3.8) is 0 Å². The van der Waals surface area contributed by atoms with Crippen LogP contribution in [-0.2, 0) is 7.05 Å². The molecule has 0 spiro atoms. The molecule has 0 aliphatic rings. The van der Waals surface area contributed by atoms with Crippen LogP contribution in [-0.4, -0.2) is 14.8 Å². The van der Waals surface area contributed by atoms with Gasteiger partial charge in [0.2, 0.25) is 0 Å². The quantitative estimate of drug-likeness (QED) is 0.874. The van der Waals surface area contributed by atoms with Crippen molar-refractivity contribution in [2.75, 3.05) is 0 Å². The molecule has 1 atom stereocenters. The maximum atomic E-state index is 6.04. The summed E-state index contributed by atoms with van der Waals surface area (Å²) in [6, 6.07) is 5.08. The number of nitrogens with one attached hydrogen (secondary N) is 1. The van der Waals surface area contributed by atoms with Crippen LogP contribution in [0, 0.1) is 4.77 Å². The first kappa shape index (κ1) is 13.4. The first-order valence-corrected chi connectivity index (χ1v) is 6.38. The molecule has 2 aromatic rings. The van der Waals surface area contributed by atoms with Crippen LogP contribution in [0.4, 0.5) is 0 Å². The number of rotatable bonds is 3. The van der Waals surface area contributed by atoms with Crippen LogP contribution in [0.3, 0.4) is 0 Å². The molecular formula is C11H11Cl2N3OS. The third-order valence-electron chi connectivity index (χ3n) is 2.48. The van der Waals surface area contributed by atoms with Gasteiger partial charge in [-0.3, -0.25) is 5.10 Å². The number of benzene rings is 1. The van der Waals surface area contributed by atoms with Gasteiger partial charge in [0, 0.05) is 12.1 Å². The van der Waals surface area contributed by atoms with Crippen LogP contribution < -0.4 is 4.74 Å². The maximum absolute atomic E-state index is 6.04. The number of aromatic amines is 1. The first-order chi connectivity index (χ1) is 8.49. The Kier molecular flexibility index (Phi) is 3.94. The number of hydrogen-bond donors (Lipinski definition) is 1. The summed E-state index contributed by atoms with van der Waals surface area (Å²) in [5.41, 5.74) is 0. The van der Waals surface area contributed by atoms with Gasteiger partial charge in [0.05, 0.1) is 5.02 Å². The van der Waals surface area contributed by atoms with E-state index in [0.29, 0.717) is 26.4 Å². The van der Waals surface area contributed by atoms with Gasteiger partial charge in [0.15, 0.2) is 16.7 Å². The Morgan fingerprint density at radius 1 is 1.44 bits per heavy atom. The zero-order chi connectivity index (χ0) is 13.3. The highest BCUT2D eigenvalue weighted by Gasteiger charge is 2.15. The van der Waals surface area contributed by atoms with Crippen LogP contribution in [0.15, 0.2) is 18.2 Å². The average Bonchev–Trinajstić information content (AvgIpc) is 2.64. The summed E-state index contributed by atoms with van der Waals surface area (Å²) in [5, 5.41) is 7.85. The molecule has 18 heavy (non-hydrogen) atoms. The minimum atomic E-state index is -0.276. The van der Waals surface area contributed by atoms with Crippen molar-refractivity contribution < 1.29 is 4.74 Å². The lowest BCUT2D eigenvalue weighted by Crippen LogP contribution is -2.09. The summed E-state index contributed by atoms with van der Waals surface area (Å²) >= 11 is 16.9. The molecule has 2 rings (SSSR count). The van der Waals surface area contributed by atoms with E-state index in [-0.39, 0.29) is 6.10 Å². The van der Waals surface area contributed by atoms with Crippen molar-refractivity contribution in [2.24, 2.45) is 7.05 Å². The van der Waals surface area contributed by atoms with E-state index in [2.05, 4.69) is 10.2 Å². The van der Waals surface area contributed by atoms with Crippen LogP contribution in [0.25, 0.3) is 0 Å². The number of aromatic nitrogens is 3. The van der Waals surface area contributed by atoms with Gasteiger partial charge in [-0.15, -0.1) is 0 Å². The highest BCUT2D eigenvalue weighted by atomic mass is 35.5. The molecule has 0 bridgehead atoms. The summed E-state index contributed by atoms with van der Waals surface area (Å²) < 4.78 is 8.04. The summed E-state index contributed by atoms with van der Waals surface area (Å²) in [7, 11) is 1.82. The number of H-pyrrole nitrogens is 1. The highest BCUT2D eigenvalue weighted by molar-refractivity contribution is 7.71. The zero-order valence-electron chi connectivity index (χ0n) is 9.78. The second-order valence-corrected chi connectivity index (χ2v) is 5.01. The minimum Gasteiger partial charge on any atom is -0.481 e. The van der Waals surface area contributed by atoms with Gasteiger partial charge in [-0.1, -0.05) is 23.2 Å². The number of ether oxygens (including phenoxy) is 1. The Bertz CT molecular complexity index is 623. The smallest absolute Gasteiger partial charge is 0.195 e. The van der Waals surface area contributed by atoms with Gasteiger partial charge in [0.1, 0.15) is 5.75 Å². The van der Waals surface area contributed by atoms with Crippen molar-refractivity contribution in [3.8, 4) is 5.75 Å². The fourth-order valence-corrected chi connectivity index (χ4v) is 2.13. The molecule has 1 aromatic heterocycles. The summed E-state index contributed by atoms with van der Waals surface area (Å²) in [4.78, 5) is 0. The molecule has 1 N–H and O–H groups in total. The lowest BCUT2D eigenvalue weighted by atomic mass is 10.3. The van der Waals surface area contributed by atoms with Gasteiger partial charge in [0.25, 0.3) is 0 Å². The Balaban J connectivity index is 2.24. The van der Waals surface area contributed by atoms with E-state index < -0.39 is 0 Å². The standard InChI is InChI=1S/C11H11Cl2N3OS/c1-6(10-14-15-11(18)16(10)2)17-9-4-3-7(12)5-8(9)13/h3-6H,1-2H3,(H,15,18)/t6-/m0/s1. The Morgan fingerprint density at radius 3 is 2.72 bits per heavy atom. The van der Waals surface area contributed by atoms with Gasteiger partial charge < -0.3 is 9.30 Å². The second-order valence-electron chi connectivity index (χ2n) is 3.78. The Morgan fingerprint density at radius 2 is 2.17 bits per heavy atom. The van der Waals surface area contributed by atoms with Crippen molar-refractivity contribution in [3.05, 3.63) is 38.8 Å². The molecule has 1 aromatic carbocycles. The zero-order valence-corrected chi connectivity index (χ0v) is 12.1. The predicted octanol–water partition coefficient (Wildman–Crippen LogP) is 3.92. The summed E-state index contributed by atoms with van der Waals surface area (Å²) in [6.07, 6.45) is -0.276. The van der Waals surface area contributed by atoms with Crippen LogP contribution in [0.5, 0.6) is 5.75 Å². The van der Waals surface area contributed by atoms with Crippen molar-refractivity contribution >= 4 is 35.4 Å². The van der Waals surface area contributed by atoms with Crippen LogP contribution in [0.2, 0.25) is 10.0 Å². The van der Waals surface area contributed by atoms with Gasteiger partial charge in [-0.2, -0.15) is 5.10 Å². The molecule has 0 aliphatic heterocycles. The molecule has 1 heterocycles. The fraction of sp³-hybridized carbons (Fsp3) is 0.273. The molecule has 0 fully saturated rings. The topological polar surface area (TPSA) is 42.8 Å². The molecular weight excluding hydrogens is 293 g/mol. The van der Waals surface area contributed by atoms with Crippen LogP contribution >= 0.6 is 35.4 Å². The monoisotopic (exact) mass is 303 g/mol. The molecule has 96 valence electrons. The van der Waals surface area contributed by atoms with E-state index in [1.165, 1.54) is 0 Å². The van der Waals surface area contributed by atoms with E-state index in [0.717, 1.165) is 0 Å². The van der Waals surface area contributed by atoms with Gasteiger partial charge >= 0.3 is 0 Å². The second kappa shape index (κ2) is 5.30. The lowest BCUT2D eigenvalue weighted by Gasteiger charge is -2.14. The lowest BCUT2D eigenvalue weighted by molar-refractivity contribution is 0.212. The number of hydrogen-bond acceptors (Lipinski definition) is 3.